The summed E-state index contributed by atoms with van der Waals surface area (Å²) in [6.07, 6.45) is 0. The highest BCUT2D eigenvalue weighted by Crippen LogP contribution is 2.32. The second-order valence-electron chi connectivity index (χ2n) is 5.89. The van der Waals surface area contributed by atoms with Crippen LogP contribution in [0, 0.1) is 11.3 Å². The zero-order valence-corrected chi connectivity index (χ0v) is 15.4. The lowest BCUT2D eigenvalue weighted by Crippen LogP contribution is -2.12. The van der Waals surface area contributed by atoms with Gasteiger partial charge in [0.25, 0.3) is 5.91 Å². The molecule has 1 atom stereocenters. The summed E-state index contributed by atoms with van der Waals surface area (Å²) in [7, 11) is 1.57. The van der Waals surface area contributed by atoms with Crippen molar-refractivity contribution in [2.75, 3.05) is 12.4 Å². The predicted octanol–water partition coefficient (Wildman–Crippen LogP) is 5.26. The van der Waals surface area contributed by atoms with Gasteiger partial charge in [-0.2, -0.15) is 5.26 Å². The van der Waals surface area contributed by atoms with E-state index in [9.17, 15) is 10.1 Å². The molecule has 0 fully saturated rings. The van der Waals surface area contributed by atoms with E-state index in [2.05, 4.69) is 11.4 Å². The summed E-state index contributed by atoms with van der Waals surface area (Å²) in [5.74, 6) is -0.0335. The number of nitrogens with one attached hydrogen (secondary N) is 1. The maximum Gasteiger partial charge on any atom is 0.255 e. The number of hydrogen-bond donors (Lipinski definition) is 1. The van der Waals surface area contributed by atoms with Gasteiger partial charge < -0.3 is 10.1 Å². The molecule has 0 aliphatic heterocycles. The molecule has 1 unspecified atom stereocenters. The molecule has 0 radical (unpaired) electrons. The van der Waals surface area contributed by atoms with Crippen LogP contribution in [-0.2, 0) is 0 Å². The Morgan fingerprint density at radius 2 is 1.78 bits per heavy atom. The number of benzene rings is 3. The monoisotopic (exact) mass is 376 g/mol. The van der Waals surface area contributed by atoms with Gasteiger partial charge in [0.15, 0.2) is 0 Å². The smallest absolute Gasteiger partial charge is 0.255 e. The topological polar surface area (TPSA) is 62.1 Å². The highest BCUT2D eigenvalue weighted by atomic mass is 35.5. The van der Waals surface area contributed by atoms with Crippen LogP contribution in [0.15, 0.2) is 72.8 Å². The fourth-order valence-corrected chi connectivity index (χ4v) is 3.04. The Morgan fingerprint density at radius 3 is 2.37 bits per heavy atom. The lowest BCUT2D eigenvalue weighted by molar-refractivity contribution is 0.102. The highest BCUT2D eigenvalue weighted by molar-refractivity contribution is 6.32. The van der Waals surface area contributed by atoms with Gasteiger partial charge in [-0.05, 0) is 47.5 Å². The Kier molecular flexibility index (Phi) is 5.75. The molecule has 0 heterocycles. The van der Waals surface area contributed by atoms with Crippen LogP contribution < -0.4 is 10.1 Å². The Labute approximate surface area is 163 Å². The third kappa shape index (κ3) is 4.28. The van der Waals surface area contributed by atoms with E-state index >= 15 is 0 Å². The summed E-state index contributed by atoms with van der Waals surface area (Å²) in [6, 6.07) is 23.7. The molecule has 0 aromatic heterocycles. The molecule has 0 spiro atoms. The Hall–Kier alpha value is -3.29. The summed E-state index contributed by atoms with van der Waals surface area (Å²) in [4.78, 5) is 12.4. The second-order valence-corrected chi connectivity index (χ2v) is 6.30. The molecule has 3 rings (SSSR count). The average Bonchev–Trinajstić information content (AvgIpc) is 2.71. The van der Waals surface area contributed by atoms with Gasteiger partial charge in [0, 0.05) is 16.3 Å². The third-order valence-corrected chi connectivity index (χ3v) is 4.51. The third-order valence-electron chi connectivity index (χ3n) is 4.18. The zero-order valence-electron chi connectivity index (χ0n) is 14.6. The molecular formula is C22H17ClN2O2. The number of nitriles is 1. The van der Waals surface area contributed by atoms with Crippen LogP contribution >= 0.6 is 11.6 Å². The molecule has 27 heavy (non-hydrogen) atoms. The van der Waals surface area contributed by atoms with Crippen LogP contribution in [0.5, 0.6) is 5.75 Å². The van der Waals surface area contributed by atoms with E-state index in [-0.39, 0.29) is 5.91 Å². The molecular weight excluding hydrogens is 360 g/mol. The van der Waals surface area contributed by atoms with Gasteiger partial charge in [0.05, 0.1) is 19.1 Å². The zero-order chi connectivity index (χ0) is 19.2. The second kappa shape index (κ2) is 8.39. The van der Waals surface area contributed by atoms with Crippen LogP contribution in [0.2, 0.25) is 5.02 Å². The van der Waals surface area contributed by atoms with Crippen molar-refractivity contribution in [3.8, 4) is 11.8 Å². The molecule has 0 saturated heterocycles. The van der Waals surface area contributed by atoms with Crippen LogP contribution in [0.25, 0.3) is 0 Å². The van der Waals surface area contributed by atoms with E-state index in [1.54, 1.807) is 49.6 Å². The standard InChI is InChI=1S/C22H17ClN2O2/c1-27-18-10-7-16(8-11-18)22(26)25-17-9-12-19(21(23)13-17)20(14-24)15-5-3-2-4-6-15/h2-13,20H,1H3,(H,25,26). The van der Waals surface area contributed by atoms with E-state index in [0.29, 0.717) is 27.6 Å². The number of carbonyl (C=O) groups is 1. The first kappa shape index (κ1) is 18.5. The normalized spacial score (nSPS) is 11.3. The number of methoxy groups -OCH3 is 1. The van der Waals surface area contributed by atoms with Crippen molar-refractivity contribution in [2.24, 2.45) is 0 Å². The average molecular weight is 377 g/mol. The van der Waals surface area contributed by atoms with Gasteiger partial charge in [0.2, 0.25) is 0 Å². The summed E-state index contributed by atoms with van der Waals surface area (Å²) in [5, 5.41) is 12.8. The van der Waals surface area contributed by atoms with Crippen molar-refractivity contribution in [2.45, 2.75) is 5.92 Å². The summed E-state index contributed by atoms with van der Waals surface area (Å²) in [5.41, 5.74) is 2.65. The van der Waals surface area contributed by atoms with E-state index in [4.69, 9.17) is 16.3 Å². The van der Waals surface area contributed by atoms with Crippen molar-refractivity contribution in [3.63, 3.8) is 0 Å². The van der Waals surface area contributed by atoms with Crippen molar-refractivity contribution in [1.82, 2.24) is 0 Å². The minimum atomic E-state index is -0.468. The Bertz CT molecular complexity index is 979. The first-order valence-corrected chi connectivity index (χ1v) is 8.69. The first-order valence-electron chi connectivity index (χ1n) is 8.32. The summed E-state index contributed by atoms with van der Waals surface area (Å²) in [6.45, 7) is 0. The quantitative estimate of drug-likeness (QED) is 0.660. The molecule has 0 saturated carbocycles. The molecule has 0 bridgehead atoms. The van der Waals surface area contributed by atoms with Crippen molar-refractivity contribution >= 4 is 23.2 Å². The van der Waals surface area contributed by atoms with Crippen LogP contribution in [0.3, 0.4) is 0 Å². The van der Waals surface area contributed by atoms with Crippen molar-refractivity contribution < 1.29 is 9.53 Å². The molecule has 0 aliphatic rings. The fraction of sp³-hybridized carbons (Fsp3) is 0.0909. The van der Waals surface area contributed by atoms with E-state index < -0.39 is 5.92 Å². The van der Waals surface area contributed by atoms with Gasteiger partial charge in [-0.1, -0.05) is 48.0 Å². The maximum atomic E-state index is 12.4. The largest absolute Gasteiger partial charge is 0.497 e. The van der Waals surface area contributed by atoms with E-state index in [1.165, 1.54) is 0 Å². The molecule has 0 aliphatic carbocycles. The minimum Gasteiger partial charge on any atom is -0.497 e. The van der Waals surface area contributed by atoms with E-state index in [1.807, 2.05) is 30.3 Å². The van der Waals surface area contributed by atoms with Gasteiger partial charge in [-0.15, -0.1) is 0 Å². The van der Waals surface area contributed by atoms with Crippen LogP contribution in [0.1, 0.15) is 27.4 Å². The molecule has 3 aromatic carbocycles. The molecule has 1 amide bonds. The predicted molar refractivity (Wildman–Crippen MR) is 106 cm³/mol. The minimum absolute atomic E-state index is 0.249. The summed E-state index contributed by atoms with van der Waals surface area (Å²) < 4.78 is 5.09. The SMILES string of the molecule is COc1ccc(C(=O)Nc2ccc(C(C#N)c3ccccc3)c(Cl)c2)cc1. The molecule has 5 heteroatoms. The van der Waals surface area contributed by atoms with Gasteiger partial charge >= 0.3 is 0 Å². The Morgan fingerprint density at radius 1 is 1.07 bits per heavy atom. The van der Waals surface area contributed by atoms with Crippen molar-refractivity contribution in [3.05, 3.63) is 94.5 Å². The molecule has 4 nitrogen and oxygen atoms in total. The number of hydrogen-bond acceptors (Lipinski definition) is 3. The van der Waals surface area contributed by atoms with Crippen LogP contribution in [-0.4, -0.2) is 13.0 Å². The number of amides is 1. The number of nitrogens with zero attached hydrogens (tertiary/aromatic N) is 1. The van der Waals surface area contributed by atoms with Gasteiger partial charge in [0.1, 0.15) is 5.75 Å². The number of ether oxygens (including phenoxy) is 1. The van der Waals surface area contributed by atoms with Gasteiger partial charge in [-0.25, -0.2) is 0 Å². The number of rotatable bonds is 5. The van der Waals surface area contributed by atoms with E-state index in [0.717, 1.165) is 5.56 Å². The maximum absolute atomic E-state index is 12.4. The molecule has 134 valence electrons. The number of halogens is 1. The highest BCUT2D eigenvalue weighted by Gasteiger charge is 2.17. The fourth-order valence-electron chi connectivity index (χ4n) is 2.75. The van der Waals surface area contributed by atoms with Crippen molar-refractivity contribution in [1.29, 1.82) is 5.26 Å². The summed E-state index contributed by atoms with van der Waals surface area (Å²) >= 11 is 6.40. The number of anilines is 1. The Balaban J connectivity index is 1.80. The molecule has 1 N–H and O–H groups in total. The molecule has 3 aromatic rings. The van der Waals surface area contributed by atoms with Crippen LogP contribution in [0.4, 0.5) is 5.69 Å². The lowest BCUT2D eigenvalue weighted by Gasteiger charge is -2.13. The lowest BCUT2D eigenvalue weighted by atomic mass is 9.92. The van der Waals surface area contributed by atoms with Gasteiger partial charge in [-0.3, -0.25) is 4.79 Å². The first-order chi connectivity index (χ1) is 13.1. The number of carbonyl (C=O) groups excluding carboxylic acids is 1.